The van der Waals surface area contributed by atoms with Crippen molar-refractivity contribution < 1.29 is 23.3 Å². The van der Waals surface area contributed by atoms with E-state index in [2.05, 4.69) is 23.5 Å². The second kappa shape index (κ2) is 8.13. The average Bonchev–Trinajstić information content (AvgIpc) is 2.67. The fourth-order valence-corrected chi connectivity index (χ4v) is 3.54. The third-order valence-electron chi connectivity index (χ3n) is 5.18. The van der Waals surface area contributed by atoms with E-state index in [-0.39, 0.29) is 11.7 Å². The van der Waals surface area contributed by atoms with Crippen molar-refractivity contribution in [1.82, 2.24) is 0 Å². The summed E-state index contributed by atoms with van der Waals surface area (Å²) in [5.74, 6) is -4.74. The first-order chi connectivity index (χ1) is 12.9. The Hall–Kier alpha value is -2.34. The summed E-state index contributed by atoms with van der Waals surface area (Å²) in [4.78, 5) is 12.3. The Kier molecular flexibility index (Phi) is 5.85. The fraction of sp³-hybridized carbons (Fsp3) is 0.381. The molecule has 2 aromatic carbocycles. The molecule has 1 amide bonds. The molecular formula is C21H24F3N2O+. The highest BCUT2D eigenvalue weighted by Gasteiger charge is 2.23. The maximum atomic E-state index is 13.7. The van der Waals surface area contributed by atoms with Crippen LogP contribution in [0.25, 0.3) is 0 Å². The van der Waals surface area contributed by atoms with E-state index in [4.69, 9.17) is 0 Å². The number of quaternary nitrogens is 1. The topological polar surface area (TPSA) is 45.7 Å². The number of hydrogen-bond donors (Lipinski definition) is 2. The zero-order chi connectivity index (χ0) is 19.6. The molecular weight excluding hydrogens is 353 g/mol. The summed E-state index contributed by atoms with van der Waals surface area (Å²) in [6, 6.07) is 7.77. The van der Waals surface area contributed by atoms with Crippen molar-refractivity contribution in [3.8, 4) is 0 Å². The molecule has 3 rings (SSSR count). The van der Waals surface area contributed by atoms with E-state index in [1.54, 1.807) is 6.92 Å². The maximum absolute atomic E-state index is 13.7. The fourth-order valence-electron chi connectivity index (χ4n) is 3.54. The second-order valence-electron chi connectivity index (χ2n) is 7.22. The number of amides is 1. The molecule has 2 atom stereocenters. The second-order valence-corrected chi connectivity index (χ2v) is 7.22. The maximum Gasteiger partial charge on any atom is 0.282 e. The molecule has 0 heterocycles. The van der Waals surface area contributed by atoms with Gasteiger partial charge in [0.25, 0.3) is 5.91 Å². The summed E-state index contributed by atoms with van der Waals surface area (Å²) >= 11 is 0. The van der Waals surface area contributed by atoms with E-state index >= 15 is 0 Å². The summed E-state index contributed by atoms with van der Waals surface area (Å²) in [7, 11) is 0. The number of carbonyl (C=O) groups excluding carboxylic acids is 1. The minimum absolute atomic E-state index is 0.0350. The first-order valence-corrected chi connectivity index (χ1v) is 9.28. The number of benzene rings is 2. The molecule has 0 radical (unpaired) electrons. The van der Waals surface area contributed by atoms with Gasteiger partial charge in [0.15, 0.2) is 23.5 Å². The van der Waals surface area contributed by atoms with Gasteiger partial charge in [-0.3, -0.25) is 4.79 Å². The van der Waals surface area contributed by atoms with Crippen molar-refractivity contribution in [3.05, 3.63) is 64.5 Å². The molecule has 0 fully saturated rings. The number of nitrogens with one attached hydrogen (secondary N) is 1. The summed E-state index contributed by atoms with van der Waals surface area (Å²) in [5.41, 5.74) is 3.55. The molecule has 6 heteroatoms. The molecule has 1 aliphatic carbocycles. The van der Waals surface area contributed by atoms with Gasteiger partial charge in [0.1, 0.15) is 6.04 Å². The standard InChI is InChI=1S/C21H23F3N2O/c1-12(15-8-7-14-5-3-4-6-16(14)11-15)25-13(2)21(27)26-18-10-9-17(22)19(23)20(18)24/h7-13,25H,3-6H2,1-2H3,(H,26,27)/p+1/t12-,13-/m0/s1. The monoisotopic (exact) mass is 377 g/mol. The Labute approximate surface area is 157 Å². The smallest absolute Gasteiger partial charge is 0.282 e. The van der Waals surface area contributed by atoms with Gasteiger partial charge < -0.3 is 10.6 Å². The third-order valence-corrected chi connectivity index (χ3v) is 5.18. The number of anilines is 1. The van der Waals surface area contributed by atoms with Gasteiger partial charge in [-0.25, -0.2) is 13.2 Å². The van der Waals surface area contributed by atoms with Gasteiger partial charge in [0, 0.05) is 5.56 Å². The van der Waals surface area contributed by atoms with Crippen molar-refractivity contribution >= 4 is 11.6 Å². The van der Waals surface area contributed by atoms with Crippen molar-refractivity contribution in [1.29, 1.82) is 0 Å². The van der Waals surface area contributed by atoms with E-state index in [1.165, 1.54) is 24.0 Å². The zero-order valence-corrected chi connectivity index (χ0v) is 15.5. The minimum Gasteiger partial charge on any atom is -0.330 e. The quantitative estimate of drug-likeness (QED) is 0.768. The van der Waals surface area contributed by atoms with Crippen LogP contribution in [0.1, 0.15) is 49.4 Å². The highest BCUT2D eigenvalue weighted by Crippen LogP contribution is 2.24. The van der Waals surface area contributed by atoms with E-state index < -0.39 is 29.4 Å². The highest BCUT2D eigenvalue weighted by atomic mass is 19.2. The molecule has 0 bridgehead atoms. The Morgan fingerprint density at radius 1 is 1.00 bits per heavy atom. The Morgan fingerprint density at radius 3 is 2.44 bits per heavy atom. The lowest BCUT2D eigenvalue weighted by Gasteiger charge is -2.20. The lowest BCUT2D eigenvalue weighted by molar-refractivity contribution is -0.709. The molecule has 0 spiro atoms. The van der Waals surface area contributed by atoms with Gasteiger partial charge in [0.05, 0.1) is 5.69 Å². The van der Waals surface area contributed by atoms with Gasteiger partial charge >= 0.3 is 0 Å². The SMILES string of the molecule is C[C@H]([NH2+][C@@H](C)c1ccc2c(c1)CCCC2)C(=O)Nc1ccc(F)c(F)c1F. The predicted octanol–water partition coefficient (Wildman–Crippen LogP) is 3.63. The van der Waals surface area contributed by atoms with Crippen molar-refractivity contribution in [3.63, 3.8) is 0 Å². The van der Waals surface area contributed by atoms with Gasteiger partial charge in [-0.2, -0.15) is 0 Å². The van der Waals surface area contributed by atoms with E-state index in [9.17, 15) is 18.0 Å². The molecule has 3 nitrogen and oxygen atoms in total. The molecule has 2 aromatic rings. The molecule has 0 aliphatic heterocycles. The minimum atomic E-state index is -1.59. The lowest BCUT2D eigenvalue weighted by atomic mass is 9.89. The Balaban J connectivity index is 1.65. The molecule has 0 saturated heterocycles. The van der Waals surface area contributed by atoms with Crippen LogP contribution >= 0.6 is 0 Å². The van der Waals surface area contributed by atoms with Crippen molar-refractivity contribution in [2.24, 2.45) is 0 Å². The van der Waals surface area contributed by atoms with Gasteiger partial charge in [-0.1, -0.05) is 12.1 Å². The zero-order valence-electron chi connectivity index (χ0n) is 15.5. The number of fused-ring (bicyclic) bond motifs is 1. The van der Waals surface area contributed by atoms with E-state index in [1.807, 2.05) is 12.2 Å². The molecule has 27 heavy (non-hydrogen) atoms. The highest BCUT2D eigenvalue weighted by molar-refractivity contribution is 5.93. The van der Waals surface area contributed by atoms with Crippen LogP contribution in [0.3, 0.4) is 0 Å². The summed E-state index contributed by atoms with van der Waals surface area (Å²) in [5, 5.41) is 4.21. The van der Waals surface area contributed by atoms with Crippen LogP contribution < -0.4 is 10.6 Å². The lowest BCUT2D eigenvalue weighted by Crippen LogP contribution is -2.91. The van der Waals surface area contributed by atoms with Crippen LogP contribution in [0.2, 0.25) is 0 Å². The van der Waals surface area contributed by atoms with Crippen LogP contribution in [0.15, 0.2) is 30.3 Å². The molecule has 0 unspecified atom stereocenters. The molecule has 1 aliphatic rings. The van der Waals surface area contributed by atoms with Crippen LogP contribution in [0.4, 0.5) is 18.9 Å². The number of nitrogens with two attached hydrogens (primary N) is 1. The number of aryl methyl sites for hydroxylation is 2. The summed E-state index contributed by atoms with van der Waals surface area (Å²) in [6.07, 6.45) is 4.63. The molecule has 0 saturated carbocycles. The number of carbonyl (C=O) groups is 1. The first kappa shape index (κ1) is 19.4. The third kappa shape index (κ3) is 4.33. The van der Waals surface area contributed by atoms with Gasteiger partial charge in [-0.05, 0) is 68.9 Å². The first-order valence-electron chi connectivity index (χ1n) is 9.28. The van der Waals surface area contributed by atoms with Gasteiger partial charge in [0.2, 0.25) is 0 Å². The van der Waals surface area contributed by atoms with Gasteiger partial charge in [-0.15, -0.1) is 0 Å². The normalized spacial score (nSPS) is 15.7. The average molecular weight is 377 g/mol. The van der Waals surface area contributed by atoms with Crippen molar-refractivity contribution in [2.45, 2.75) is 51.6 Å². The number of rotatable bonds is 5. The van der Waals surface area contributed by atoms with E-state index in [0.717, 1.165) is 30.5 Å². The van der Waals surface area contributed by atoms with Crippen LogP contribution in [-0.2, 0) is 17.6 Å². The van der Waals surface area contributed by atoms with Crippen LogP contribution in [0, 0.1) is 17.5 Å². The van der Waals surface area contributed by atoms with Crippen LogP contribution in [-0.4, -0.2) is 11.9 Å². The summed E-state index contributed by atoms with van der Waals surface area (Å²) in [6.45, 7) is 3.70. The molecule has 0 aromatic heterocycles. The van der Waals surface area contributed by atoms with E-state index in [0.29, 0.717) is 0 Å². The summed E-state index contributed by atoms with van der Waals surface area (Å²) < 4.78 is 40.0. The number of halogens is 3. The predicted molar refractivity (Wildman–Crippen MR) is 97.8 cm³/mol. The molecule has 3 N–H and O–H groups in total. The Morgan fingerprint density at radius 2 is 1.70 bits per heavy atom. The molecule has 144 valence electrons. The number of hydrogen-bond acceptors (Lipinski definition) is 1. The largest absolute Gasteiger partial charge is 0.330 e. The Bertz CT molecular complexity index is 854. The van der Waals surface area contributed by atoms with Crippen molar-refractivity contribution in [2.75, 3.05) is 5.32 Å². The van der Waals surface area contributed by atoms with Crippen LogP contribution in [0.5, 0.6) is 0 Å².